The van der Waals surface area contributed by atoms with Crippen molar-refractivity contribution in [2.24, 2.45) is 5.92 Å². The van der Waals surface area contributed by atoms with E-state index in [2.05, 4.69) is 20.9 Å². The highest BCUT2D eigenvalue weighted by Crippen LogP contribution is 2.27. The molecule has 5 nitrogen and oxygen atoms in total. The molecule has 1 aliphatic rings. The van der Waals surface area contributed by atoms with Gasteiger partial charge in [0, 0.05) is 28.0 Å². The molecule has 22 heavy (non-hydrogen) atoms. The van der Waals surface area contributed by atoms with Gasteiger partial charge in [0.15, 0.2) is 0 Å². The lowest BCUT2D eigenvalue weighted by Gasteiger charge is -2.37. The van der Waals surface area contributed by atoms with Crippen LogP contribution in [-0.4, -0.2) is 39.5 Å². The highest BCUT2D eigenvalue weighted by atomic mass is 79.9. The van der Waals surface area contributed by atoms with Gasteiger partial charge in [0.25, 0.3) is 5.91 Å². The Labute approximate surface area is 136 Å². The number of H-pyrrole nitrogens is 1. The van der Waals surface area contributed by atoms with E-state index in [1.165, 1.54) is 0 Å². The number of piperidine rings is 1. The van der Waals surface area contributed by atoms with Crippen molar-refractivity contribution in [3.05, 3.63) is 34.4 Å². The Morgan fingerprint density at radius 1 is 1.36 bits per heavy atom. The molecule has 2 atom stereocenters. The SMILES string of the molecule is C[C@@H]1[C@H](C(=O)O)CCCN1C(=O)c1cc2cc(Br)ccc2[nH]1. The third-order valence-electron chi connectivity index (χ3n) is 4.38. The summed E-state index contributed by atoms with van der Waals surface area (Å²) in [5.74, 6) is -1.45. The Hall–Kier alpha value is -1.82. The van der Waals surface area contributed by atoms with Crippen LogP contribution in [0.3, 0.4) is 0 Å². The molecule has 6 heteroatoms. The molecule has 3 rings (SSSR count). The van der Waals surface area contributed by atoms with Gasteiger partial charge in [-0.3, -0.25) is 9.59 Å². The van der Waals surface area contributed by atoms with E-state index in [0.717, 1.165) is 21.8 Å². The van der Waals surface area contributed by atoms with Gasteiger partial charge in [-0.2, -0.15) is 0 Å². The number of carboxylic acid groups (broad SMARTS) is 1. The number of carbonyl (C=O) groups excluding carboxylic acids is 1. The third kappa shape index (κ3) is 2.63. The number of carbonyl (C=O) groups is 2. The molecule has 0 spiro atoms. The molecule has 1 saturated heterocycles. The number of carboxylic acids is 1. The van der Waals surface area contributed by atoms with Gasteiger partial charge in [0.1, 0.15) is 5.69 Å². The molecule has 0 unspecified atom stereocenters. The molecule has 1 aliphatic heterocycles. The summed E-state index contributed by atoms with van der Waals surface area (Å²) < 4.78 is 0.954. The number of hydrogen-bond donors (Lipinski definition) is 2. The van der Waals surface area contributed by atoms with Crippen LogP contribution in [0.25, 0.3) is 10.9 Å². The number of nitrogens with zero attached hydrogens (tertiary/aromatic N) is 1. The maximum atomic E-state index is 12.7. The summed E-state index contributed by atoms with van der Waals surface area (Å²) in [6, 6.07) is 7.30. The maximum absolute atomic E-state index is 12.7. The average Bonchev–Trinajstić information content (AvgIpc) is 2.89. The van der Waals surface area contributed by atoms with E-state index < -0.39 is 11.9 Å². The van der Waals surface area contributed by atoms with Crippen LogP contribution in [0.4, 0.5) is 0 Å². The fourth-order valence-corrected chi connectivity index (χ4v) is 3.51. The van der Waals surface area contributed by atoms with Crippen molar-refractivity contribution in [3.8, 4) is 0 Å². The second-order valence-corrected chi connectivity index (χ2v) is 6.66. The fourth-order valence-electron chi connectivity index (χ4n) is 3.13. The van der Waals surface area contributed by atoms with Gasteiger partial charge in [0.05, 0.1) is 5.92 Å². The van der Waals surface area contributed by atoms with Crippen LogP contribution < -0.4 is 0 Å². The first-order valence-corrected chi connectivity index (χ1v) is 8.08. The van der Waals surface area contributed by atoms with Crippen LogP contribution >= 0.6 is 15.9 Å². The summed E-state index contributed by atoms with van der Waals surface area (Å²) in [4.78, 5) is 28.8. The van der Waals surface area contributed by atoms with Gasteiger partial charge < -0.3 is 15.0 Å². The monoisotopic (exact) mass is 364 g/mol. The number of rotatable bonds is 2. The number of aromatic nitrogens is 1. The number of benzene rings is 1. The Morgan fingerprint density at radius 3 is 2.86 bits per heavy atom. The second-order valence-electron chi connectivity index (χ2n) is 5.74. The minimum absolute atomic E-state index is 0.134. The van der Waals surface area contributed by atoms with E-state index in [4.69, 9.17) is 0 Å². The summed E-state index contributed by atoms with van der Waals surface area (Å²) in [7, 11) is 0. The molecule has 1 aromatic heterocycles. The largest absolute Gasteiger partial charge is 0.481 e. The number of likely N-dealkylation sites (tertiary alicyclic amines) is 1. The Kier molecular flexibility index (Phi) is 3.95. The molecule has 0 aliphatic carbocycles. The highest BCUT2D eigenvalue weighted by molar-refractivity contribution is 9.10. The van der Waals surface area contributed by atoms with E-state index in [1.54, 1.807) is 4.90 Å². The first kappa shape index (κ1) is 15.1. The molecule has 1 aromatic carbocycles. The van der Waals surface area contributed by atoms with E-state index >= 15 is 0 Å². The van der Waals surface area contributed by atoms with Gasteiger partial charge in [-0.25, -0.2) is 0 Å². The lowest BCUT2D eigenvalue weighted by Crippen LogP contribution is -2.49. The van der Waals surface area contributed by atoms with E-state index in [-0.39, 0.29) is 11.9 Å². The quantitative estimate of drug-likeness (QED) is 0.858. The molecular formula is C16H17BrN2O3. The van der Waals surface area contributed by atoms with Gasteiger partial charge >= 0.3 is 5.97 Å². The van der Waals surface area contributed by atoms with Crippen molar-refractivity contribution in [2.45, 2.75) is 25.8 Å². The summed E-state index contributed by atoms with van der Waals surface area (Å²) in [6.45, 7) is 2.41. The number of hydrogen-bond acceptors (Lipinski definition) is 2. The Morgan fingerprint density at radius 2 is 2.14 bits per heavy atom. The lowest BCUT2D eigenvalue weighted by atomic mass is 9.90. The third-order valence-corrected chi connectivity index (χ3v) is 4.87. The van der Waals surface area contributed by atoms with Crippen molar-refractivity contribution in [1.29, 1.82) is 0 Å². The van der Waals surface area contributed by atoms with Crippen molar-refractivity contribution >= 4 is 38.7 Å². The highest BCUT2D eigenvalue weighted by Gasteiger charge is 2.36. The van der Waals surface area contributed by atoms with Crippen molar-refractivity contribution in [3.63, 3.8) is 0 Å². The van der Waals surface area contributed by atoms with Crippen LogP contribution in [0.1, 0.15) is 30.3 Å². The molecule has 0 bridgehead atoms. The van der Waals surface area contributed by atoms with Gasteiger partial charge in [-0.05, 0) is 44.0 Å². The molecule has 0 radical (unpaired) electrons. The van der Waals surface area contributed by atoms with Crippen LogP contribution in [0.5, 0.6) is 0 Å². The lowest BCUT2D eigenvalue weighted by molar-refractivity contribution is -0.144. The Bertz CT molecular complexity index is 740. The zero-order valence-electron chi connectivity index (χ0n) is 12.2. The molecule has 2 heterocycles. The summed E-state index contributed by atoms with van der Waals surface area (Å²) in [5, 5.41) is 10.2. The molecular weight excluding hydrogens is 348 g/mol. The first-order chi connectivity index (χ1) is 10.5. The fraction of sp³-hybridized carbons (Fsp3) is 0.375. The number of fused-ring (bicyclic) bond motifs is 1. The standard InChI is InChI=1S/C16H17BrN2O3/c1-9-12(16(21)22)3-2-6-19(9)15(20)14-8-10-7-11(17)4-5-13(10)18-14/h4-5,7-9,12,18H,2-3,6H2,1H3,(H,21,22)/t9-,12-/m1/s1. The topological polar surface area (TPSA) is 73.4 Å². The van der Waals surface area contributed by atoms with E-state index in [1.807, 2.05) is 31.2 Å². The minimum atomic E-state index is -0.828. The summed E-state index contributed by atoms with van der Waals surface area (Å²) in [5.41, 5.74) is 1.40. The smallest absolute Gasteiger partial charge is 0.308 e. The molecule has 0 saturated carbocycles. The maximum Gasteiger partial charge on any atom is 0.308 e. The van der Waals surface area contributed by atoms with Crippen molar-refractivity contribution in [2.75, 3.05) is 6.54 Å². The number of halogens is 1. The first-order valence-electron chi connectivity index (χ1n) is 7.29. The molecule has 116 valence electrons. The van der Waals surface area contributed by atoms with Crippen LogP contribution in [0, 0.1) is 5.92 Å². The van der Waals surface area contributed by atoms with Crippen molar-refractivity contribution in [1.82, 2.24) is 9.88 Å². The number of aliphatic carboxylic acids is 1. The van der Waals surface area contributed by atoms with Crippen LogP contribution in [0.15, 0.2) is 28.7 Å². The second kappa shape index (κ2) is 5.76. The van der Waals surface area contributed by atoms with Gasteiger partial charge in [-0.15, -0.1) is 0 Å². The van der Waals surface area contributed by atoms with E-state index in [0.29, 0.717) is 18.7 Å². The van der Waals surface area contributed by atoms with Crippen molar-refractivity contribution < 1.29 is 14.7 Å². The molecule has 2 N–H and O–H groups in total. The number of amides is 1. The minimum Gasteiger partial charge on any atom is -0.481 e. The van der Waals surface area contributed by atoms with Gasteiger partial charge in [-0.1, -0.05) is 15.9 Å². The average molecular weight is 365 g/mol. The summed E-state index contributed by atoms with van der Waals surface area (Å²) in [6.07, 6.45) is 1.35. The van der Waals surface area contributed by atoms with E-state index in [9.17, 15) is 14.7 Å². The predicted octanol–water partition coefficient (Wildman–Crippen LogP) is 3.26. The van der Waals surface area contributed by atoms with Crippen LogP contribution in [-0.2, 0) is 4.79 Å². The van der Waals surface area contributed by atoms with Gasteiger partial charge in [0.2, 0.25) is 0 Å². The predicted molar refractivity (Wildman–Crippen MR) is 86.9 cm³/mol. The number of nitrogens with one attached hydrogen (secondary N) is 1. The molecule has 2 aromatic rings. The molecule has 1 amide bonds. The van der Waals surface area contributed by atoms with Crippen LogP contribution in [0.2, 0.25) is 0 Å². The Balaban J connectivity index is 1.89. The summed E-state index contributed by atoms with van der Waals surface area (Å²) >= 11 is 3.41. The number of aromatic amines is 1. The normalized spacial score (nSPS) is 22.0. The zero-order valence-corrected chi connectivity index (χ0v) is 13.8. The molecule has 1 fully saturated rings. The zero-order chi connectivity index (χ0) is 15.9.